The molecule has 0 bridgehead atoms. The lowest BCUT2D eigenvalue weighted by atomic mass is 9.85. The van der Waals surface area contributed by atoms with Crippen molar-refractivity contribution in [2.75, 3.05) is 13.1 Å². The number of urea groups is 1. The first-order valence-corrected chi connectivity index (χ1v) is 16.3. The number of aromatic nitrogens is 1. The third-order valence-electron chi connectivity index (χ3n) is 9.64. The highest BCUT2D eigenvalue weighted by molar-refractivity contribution is 6.38. The Morgan fingerprint density at radius 3 is 2.11 bits per heavy atom. The second-order valence-electron chi connectivity index (χ2n) is 15.6. The molecule has 1 aliphatic carbocycles. The van der Waals surface area contributed by atoms with Gasteiger partial charge in [-0.05, 0) is 34.5 Å². The summed E-state index contributed by atoms with van der Waals surface area (Å²) in [4.78, 5) is 68.6. The van der Waals surface area contributed by atoms with Crippen molar-refractivity contribution in [1.29, 1.82) is 0 Å². The third kappa shape index (κ3) is 8.28. The van der Waals surface area contributed by atoms with Crippen molar-refractivity contribution in [3.8, 4) is 11.8 Å². The maximum atomic E-state index is 14.3. The topological polar surface area (TPSA) is 182 Å². The van der Waals surface area contributed by atoms with E-state index in [9.17, 15) is 34.2 Å². The molecular weight excluding hydrogens is 604 g/mol. The fraction of sp³-hybridized carbons (Fsp3) is 0.676. The first kappa shape index (κ1) is 37.4. The number of Topliss-reactive ketones (excluding diaryl/α,β-unsaturated/α-hetero) is 1. The van der Waals surface area contributed by atoms with Crippen molar-refractivity contribution in [1.82, 2.24) is 30.7 Å². The molecule has 13 nitrogen and oxygen atoms in total. The van der Waals surface area contributed by atoms with Gasteiger partial charge in [-0.2, -0.15) is 0 Å². The van der Waals surface area contributed by atoms with Crippen LogP contribution < -0.4 is 21.3 Å². The van der Waals surface area contributed by atoms with Crippen LogP contribution in [-0.4, -0.2) is 86.5 Å². The van der Waals surface area contributed by atoms with Crippen LogP contribution in [0.25, 0.3) is 0 Å². The van der Waals surface area contributed by atoms with E-state index in [1.165, 1.54) is 27.7 Å². The van der Waals surface area contributed by atoms with Gasteiger partial charge in [0.2, 0.25) is 17.6 Å². The number of likely N-dealkylation sites (tertiary alicyclic amines) is 1. The maximum absolute atomic E-state index is 14.3. The summed E-state index contributed by atoms with van der Waals surface area (Å²) >= 11 is 0. The van der Waals surface area contributed by atoms with E-state index in [0.29, 0.717) is 13.0 Å². The van der Waals surface area contributed by atoms with Gasteiger partial charge in [-0.15, -0.1) is 6.58 Å². The van der Waals surface area contributed by atoms with E-state index in [4.69, 9.17) is 0 Å². The largest absolute Gasteiger partial charge is 0.494 e. The van der Waals surface area contributed by atoms with Gasteiger partial charge in [0.05, 0.1) is 12.1 Å². The number of hydrogen-bond acceptors (Lipinski definition) is 7. The van der Waals surface area contributed by atoms with Crippen molar-refractivity contribution in [3.63, 3.8) is 0 Å². The van der Waals surface area contributed by atoms with Crippen molar-refractivity contribution in [3.05, 3.63) is 24.8 Å². The van der Waals surface area contributed by atoms with Crippen LogP contribution in [-0.2, 0) is 25.7 Å². The SMILES string of the molecule is C=CCNC(=O)C(=O)C(CCC)NC(=O)[C@@H]1[C@@H]2[C@H](CN1C(=O)[C@@H](NC(=O)N[C@H](Cn1c(O)ccc1O)C(C)(C)C)C(C)(C)C)C2(C)C. The van der Waals surface area contributed by atoms with Crippen molar-refractivity contribution < 1.29 is 34.2 Å². The van der Waals surface area contributed by atoms with E-state index < -0.39 is 64.5 Å². The van der Waals surface area contributed by atoms with Gasteiger partial charge in [0.15, 0.2) is 11.8 Å². The third-order valence-corrected chi connectivity index (χ3v) is 9.64. The molecule has 13 heteroatoms. The number of nitrogens with one attached hydrogen (secondary N) is 4. The lowest BCUT2D eigenvalue weighted by molar-refractivity contribution is -0.145. The maximum Gasteiger partial charge on any atom is 0.315 e. The van der Waals surface area contributed by atoms with Crippen molar-refractivity contribution in [2.24, 2.45) is 28.1 Å². The molecule has 1 aliphatic heterocycles. The summed E-state index contributed by atoms with van der Waals surface area (Å²) in [6.07, 6.45) is 2.25. The average Bonchev–Trinajstić information content (AvgIpc) is 3.24. The molecule has 0 aromatic carbocycles. The Hall–Kier alpha value is -4.03. The number of amides is 5. The number of nitrogens with zero attached hydrogens (tertiary/aromatic N) is 2. The van der Waals surface area contributed by atoms with Crippen molar-refractivity contribution >= 4 is 29.5 Å². The predicted molar refractivity (Wildman–Crippen MR) is 177 cm³/mol. The van der Waals surface area contributed by atoms with Gasteiger partial charge in [-0.1, -0.05) is 74.8 Å². The van der Waals surface area contributed by atoms with E-state index in [2.05, 4.69) is 27.8 Å². The van der Waals surface area contributed by atoms with Crippen LogP contribution in [0.4, 0.5) is 4.79 Å². The summed E-state index contributed by atoms with van der Waals surface area (Å²) in [5, 5.41) is 31.4. The first-order valence-electron chi connectivity index (χ1n) is 16.3. The summed E-state index contributed by atoms with van der Waals surface area (Å²) in [6, 6.07) is -1.42. The molecule has 2 heterocycles. The Balaban J connectivity index is 1.83. The fourth-order valence-corrected chi connectivity index (χ4v) is 6.54. The molecule has 1 saturated carbocycles. The Bertz CT molecular complexity index is 1350. The average molecular weight is 659 g/mol. The second-order valence-corrected chi connectivity index (χ2v) is 15.6. The van der Waals surface area contributed by atoms with E-state index in [1.54, 1.807) is 0 Å². The van der Waals surface area contributed by atoms with Crippen LogP contribution in [0.5, 0.6) is 11.8 Å². The highest BCUT2D eigenvalue weighted by Gasteiger charge is 2.70. The zero-order valence-corrected chi connectivity index (χ0v) is 29.3. The number of rotatable bonds is 13. The zero-order chi connectivity index (χ0) is 35.6. The summed E-state index contributed by atoms with van der Waals surface area (Å²) in [5.41, 5.74) is -1.46. The van der Waals surface area contributed by atoms with Gasteiger partial charge in [-0.3, -0.25) is 23.7 Å². The molecule has 2 fully saturated rings. The van der Waals surface area contributed by atoms with Crippen LogP contribution in [0, 0.1) is 28.1 Å². The van der Waals surface area contributed by atoms with Gasteiger partial charge >= 0.3 is 6.03 Å². The molecule has 5 amide bonds. The minimum Gasteiger partial charge on any atom is -0.494 e. The van der Waals surface area contributed by atoms with E-state index in [-0.39, 0.29) is 48.5 Å². The minimum atomic E-state index is -1.05. The van der Waals surface area contributed by atoms with Crippen molar-refractivity contribution in [2.45, 2.75) is 106 Å². The standard InChI is InChI=1S/C34H54N6O7/c1-11-13-20(26(43)29(45)35-16-12-2)36-28(44)25-24-19(34(24,9)10)17-40(25)30(46)27(33(6,7)8)38-31(47)37-21(32(3,4)5)18-39-22(41)14-15-23(39)42/h12,14-15,19-21,24-25,27,41-42H,2,11,13,16-18H2,1,3-10H3,(H,35,45)(H,36,44)(H2,37,38,47)/t19-,20?,21+,24-,25-,27+/m0/s1. The smallest absolute Gasteiger partial charge is 0.315 e. The number of ketones is 1. The van der Waals surface area contributed by atoms with Crippen LogP contribution in [0.3, 0.4) is 0 Å². The van der Waals surface area contributed by atoms with Gasteiger partial charge < -0.3 is 36.4 Å². The number of aromatic hydroxyl groups is 2. The molecule has 6 N–H and O–H groups in total. The van der Waals surface area contributed by atoms with Gasteiger partial charge in [0, 0.05) is 31.8 Å². The molecule has 1 saturated heterocycles. The minimum absolute atomic E-state index is 0.0556. The van der Waals surface area contributed by atoms with Crippen LogP contribution in [0.1, 0.15) is 75.2 Å². The van der Waals surface area contributed by atoms with E-state index in [0.717, 1.165) is 0 Å². The summed E-state index contributed by atoms with van der Waals surface area (Å²) in [6.45, 7) is 21.1. The fourth-order valence-electron chi connectivity index (χ4n) is 6.54. The molecule has 47 heavy (non-hydrogen) atoms. The van der Waals surface area contributed by atoms with E-state index in [1.807, 2.05) is 62.3 Å². The van der Waals surface area contributed by atoms with Gasteiger partial charge in [-0.25, -0.2) is 4.79 Å². The zero-order valence-electron chi connectivity index (χ0n) is 29.3. The number of hydrogen-bond donors (Lipinski definition) is 6. The lowest BCUT2D eigenvalue weighted by Gasteiger charge is -2.38. The van der Waals surface area contributed by atoms with Gasteiger partial charge in [0.25, 0.3) is 5.91 Å². The molecule has 1 aromatic heterocycles. The molecular formula is C34H54N6O7. The highest BCUT2D eigenvalue weighted by atomic mass is 16.3. The first-order chi connectivity index (χ1) is 21.7. The Kier molecular flexibility index (Phi) is 11.1. The molecule has 1 unspecified atom stereocenters. The normalized spacial score (nSPS) is 21.9. The summed E-state index contributed by atoms with van der Waals surface area (Å²) in [5.74, 6) is -2.90. The highest BCUT2D eigenvalue weighted by Crippen LogP contribution is 2.65. The monoisotopic (exact) mass is 658 g/mol. The van der Waals surface area contributed by atoms with Crippen LogP contribution in [0.15, 0.2) is 24.8 Å². The molecule has 6 atom stereocenters. The molecule has 3 rings (SSSR count). The number of piperidine rings is 1. The van der Waals surface area contributed by atoms with Crippen LogP contribution >= 0.6 is 0 Å². The van der Waals surface area contributed by atoms with Gasteiger partial charge in [0.1, 0.15) is 12.1 Å². The predicted octanol–water partition coefficient (Wildman–Crippen LogP) is 2.67. The molecule has 2 aliphatic rings. The lowest BCUT2D eigenvalue weighted by Crippen LogP contribution is -2.62. The molecule has 0 spiro atoms. The second kappa shape index (κ2) is 14.0. The summed E-state index contributed by atoms with van der Waals surface area (Å²) < 4.78 is 1.28. The molecule has 262 valence electrons. The molecule has 1 aromatic rings. The number of fused-ring (bicyclic) bond motifs is 1. The van der Waals surface area contributed by atoms with E-state index >= 15 is 0 Å². The number of carbonyl (C=O) groups excluding carboxylic acids is 5. The number of carbonyl (C=O) groups is 5. The van der Waals surface area contributed by atoms with Crippen LogP contribution in [0.2, 0.25) is 0 Å². The Morgan fingerprint density at radius 1 is 1.00 bits per heavy atom. The quantitative estimate of drug-likeness (QED) is 0.139. The molecule has 0 radical (unpaired) electrons. The Morgan fingerprint density at radius 2 is 1.60 bits per heavy atom. The summed E-state index contributed by atoms with van der Waals surface area (Å²) in [7, 11) is 0. The Labute approximate surface area is 277 Å².